The van der Waals surface area contributed by atoms with Crippen LogP contribution < -0.4 is 4.74 Å². The quantitative estimate of drug-likeness (QED) is 0.268. The van der Waals surface area contributed by atoms with Gasteiger partial charge in [0.05, 0.1) is 18.2 Å². The number of piperidine rings is 1. The largest absolute Gasteiger partial charge is 0.493 e. The van der Waals surface area contributed by atoms with Crippen molar-refractivity contribution in [2.24, 2.45) is 5.92 Å². The Morgan fingerprint density at radius 2 is 1.43 bits per heavy atom. The van der Waals surface area contributed by atoms with E-state index in [1.54, 1.807) is 51.1 Å². The second kappa shape index (κ2) is 11.7. The van der Waals surface area contributed by atoms with E-state index in [4.69, 9.17) is 9.47 Å². The third-order valence-corrected chi connectivity index (χ3v) is 7.60. The number of hydrogen-bond acceptors (Lipinski definition) is 4. The van der Waals surface area contributed by atoms with E-state index in [1.165, 1.54) is 30.3 Å². The van der Waals surface area contributed by atoms with Crippen molar-refractivity contribution in [2.75, 3.05) is 19.7 Å². The van der Waals surface area contributed by atoms with Crippen LogP contribution in [-0.2, 0) is 4.74 Å². The highest BCUT2D eigenvalue weighted by molar-refractivity contribution is 5.90. The summed E-state index contributed by atoms with van der Waals surface area (Å²) in [7, 11) is 0. The lowest BCUT2D eigenvalue weighted by Crippen LogP contribution is -2.38. The molecule has 0 amide bonds. The Bertz CT molecular complexity index is 1280. The number of carbonyl (C=O) groups excluding carboxylic acids is 1. The molecule has 0 N–H and O–H groups in total. The maximum absolute atomic E-state index is 15.0. The minimum atomic E-state index is -0.709. The normalized spacial score (nSPS) is 16.8. The van der Waals surface area contributed by atoms with Crippen LogP contribution in [0.25, 0.3) is 0 Å². The fourth-order valence-corrected chi connectivity index (χ4v) is 5.39. The Morgan fingerprint density at radius 3 is 1.93 bits per heavy atom. The van der Waals surface area contributed by atoms with Gasteiger partial charge >= 0.3 is 5.97 Å². The van der Waals surface area contributed by atoms with Crippen LogP contribution in [0.5, 0.6) is 5.75 Å². The summed E-state index contributed by atoms with van der Waals surface area (Å²) in [6.07, 6.45) is 3.72. The van der Waals surface area contributed by atoms with Crippen LogP contribution in [0.3, 0.4) is 0 Å². The number of ether oxygens (including phenoxy) is 2. The van der Waals surface area contributed by atoms with Crippen molar-refractivity contribution in [1.29, 1.82) is 0 Å². The van der Waals surface area contributed by atoms with E-state index in [-0.39, 0.29) is 35.1 Å². The predicted molar refractivity (Wildman–Crippen MR) is 148 cm³/mol. The molecule has 4 nitrogen and oxygen atoms in total. The van der Waals surface area contributed by atoms with Crippen molar-refractivity contribution in [3.05, 3.63) is 100 Å². The van der Waals surface area contributed by atoms with Crippen LogP contribution in [0, 0.1) is 23.4 Å². The van der Waals surface area contributed by atoms with Crippen molar-refractivity contribution >= 4 is 5.97 Å². The van der Waals surface area contributed by atoms with E-state index in [2.05, 4.69) is 4.90 Å². The van der Waals surface area contributed by atoms with Crippen LogP contribution >= 0.6 is 0 Å². The lowest BCUT2D eigenvalue weighted by atomic mass is 9.91. The molecule has 5 rings (SSSR count). The van der Waals surface area contributed by atoms with Crippen LogP contribution in [0.2, 0.25) is 0 Å². The Morgan fingerprint density at radius 1 is 0.875 bits per heavy atom. The Labute approximate surface area is 234 Å². The fraction of sp³-hybridized carbons (Fsp3) is 0.424. The molecule has 0 aromatic heterocycles. The van der Waals surface area contributed by atoms with Crippen LogP contribution in [0.15, 0.2) is 60.7 Å². The Balaban J connectivity index is 1.26. The number of hydrogen-bond donors (Lipinski definition) is 0. The second-order valence-corrected chi connectivity index (χ2v) is 11.9. The molecule has 40 heavy (non-hydrogen) atoms. The molecule has 0 atom stereocenters. The summed E-state index contributed by atoms with van der Waals surface area (Å²) >= 11 is 0. The molecule has 0 unspecified atom stereocenters. The third-order valence-electron chi connectivity index (χ3n) is 7.60. The van der Waals surface area contributed by atoms with Crippen LogP contribution in [-0.4, -0.2) is 36.2 Å². The molecule has 1 saturated heterocycles. The van der Waals surface area contributed by atoms with Gasteiger partial charge < -0.3 is 9.47 Å². The van der Waals surface area contributed by atoms with Gasteiger partial charge in [0.2, 0.25) is 0 Å². The molecule has 2 aliphatic rings. The molecule has 1 heterocycles. The highest BCUT2D eigenvalue weighted by Crippen LogP contribution is 2.45. The van der Waals surface area contributed by atoms with Gasteiger partial charge in [-0.2, -0.15) is 0 Å². The fourth-order valence-electron chi connectivity index (χ4n) is 5.39. The highest BCUT2D eigenvalue weighted by Gasteiger charge is 2.32. The third kappa shape index (κ3) is 6.87. The average Bonchev–Trinajstić information content (AvgIpc) is 3.75. The smallest absolute Gasteiger partial charge is 0.341 e. The summed E-state index contributed by atoms with van der Waals surface area (Å²) < 4.78 is 53.8. The van der Waals surface area contributed by atoms with Gasteiger partial charge in [-0.1, -0.05) is 24.3 Å². The zero-order valence-electron chi connectivity index (χ0n) is 23.3. The Kier molecular flexibility index (Phi) is 8.22. The first-order chi connectivity index (χ1) is 19.1. The number of nitrogens with zero attached hydrogens (tertiary/aromatic N) is 1. The van der Waals surface area contributed by atoms with E-state index in [0.29, 0.717) is 12.4 Å². The molecule has 0 radical (unpaired) electrons. The summed E-state index contributed by atoms with van der Waals surface area (Å²) in [5.41, 5.74) is 2.02. The molecule has 2 fully saturated rings. The minimum Gasteiger partial charge on any atom is -0.493 e. The summed E-state index contributed by atoms with van der Waals surface area (Å²) in [6, 6.07) is 15.8. The van der Waals surface area contributed by atoms with Gasteiger partial charge in [0.25, 0.3) is 0 Å². The Hall–Kier alpha value is -3.32. The SMILES string of the molecule is CC(C)(C)OC(=O)c1cc(C2CC2)c(OCC2CCN(C(c3ccc(F)cc3)c3ccc(F)cc3)CC2)cc1F. The molecular weight excluding hydrogens is 515 g/mol. The van der Waals surface area contributed by atoms with E-state index in [0.717, 1.165) is 55.5 Å². The molecular formula is C33H36F3NO3. The molecule has 1 aliphatic carbocycles. The molecule has 1 saturated carbocycles. The van der Waals surface area contributed by atoms with E-state index >= 15 is 0 Å². The lowest BCUT2D eigenvalue weighted by molar-refractivity contribution is 0.00644. The van der Waals surface area contributed by atoms with E-state index in [1.807, 2.05) is 0 Å². The van der Waals surface area contributed by atoms with Gasteiger partial charge in [-0.05, 0) is 118 Å². The van der Waals surface area contributed by atoms with Crippen molar-refractivity contribution < 1.29 is 27.4 Å². The first-order valence-corrected chi connectivity index (χ1v) is 14.0. The van der Waals surface area contributed by atoms with Gasteiger partial charge in [-0.3, -0.25) is 4.90 Å². The summed E-state index contributed by atoms with van der Waals surface area (Å²) in [5.74, 6) is -0.834. The molecule has 0 bridgehead atoms. The molecule has 3 aromatic rings. The number of benzene rings is 3. The topological polar surface area (TPSA) is 38.8 Å². The van der Waals surface area contributed by atoms with Gasteiger partial charge in [-0.25, -0.2) is 18.0 Å². The number of halogens is 3. The zero-order valence-corrected chi connectivity index (χ0v) is 23.3. The monoisotopic (exact) mass is 551 g/mol. The highest BCUT2D eigenvalue weighted by atomic mass is 19.1. The molecule has 212 valence electrons. The second-order valence-electron chi connectivity index (χ2n) is 11.9. The number of carbonyl (C=O) groups is 1. The maximum atomic E-state index is 15.0. The van der Waals surface area contributed by atoms with Gasteiger partial charge in [0.15, 0.2) is 0 Å². The molecule has 3 aromatic carbocycles. The van der Waals surface area contributed by atoms with E-state index in [9.17, 15) is 18.0 Å². The average molecular weight is 552 g/mol. The van der Waals surface area contributed by atoms with Crippen LogP contribution in [0.4, 0.5) is 13.2 Å². The van der Waals surface area contributed by atoms with Crippen molar-refractivity contribution in [3.8, 4) is 5.75 Å². The number of esters is 1. The van der Waals surface area contributed by atoms with Crippen molar-refractivity contribution in [1.82, 2.24) is 4.90 Å². The van der Waals surface area contributed by atoms with Gasteiger partial charge in [-0.15, -0.1) is 0 Å². The number of likely N-dealkylation sites (tertiary alicyclic amines) is 1. The maximum Gasteiger partial charge on any atom is 0.341 e. The first-order valence-electron chi connectivity index (χ1n) is 14.0. The van der Waals surface area contributed by atoms with E-state index < -0.39 is 17.4 Å². The standard InChI is InChI=1S/C33H36F3NO3/c1-33(2,3)40-32(38)28-18-27(22-4-5-22)30(19-29(28)36)39-20-21-14-16-37(17-15-21)31(23-6-10-25(34)11-7-23)24-8-12-26(35)13-9-24/h6-13,18-19,21-22,31H,4-5,14-17,20H2,1-3H3. The number of rotatable bonds is 8. The summed E-state index contributed by atoms with van der Waals surface area (Å²) in [5, 5.41) is 0. The summed E-state index contributed by atoms with van der Waals surface area (Å²) in [4.78, 5) is 14.9. The van der Waals surface area contributed by atoms with Gasteiger partial charge in [0, 0.05) is 6.07 Å². The molecule has 0 spiro atoms. The van der Waals surface area contributed by atoms with Crippen LogP contribution in [0.1, 0.15) is 85.5 Å². The first kappa shape index (κ1) is 28.2. The molecule has 1 aliphatic heterocycles. The minimum absolute atomic E-state index is 0.0508. The predicted octanol–water partition coefficient (Wildman–Crippen LogP) is 7.82. The van der Waals surface area contributed by atoms with Crippen molar-refractivity contribution in [3.63, 3.8) is 0 Å². The summed E-state index contributed by atoms with van der Waals surface area (Å²) in [6.45, 7) is 7.30. The lowest BCUT2D eigenvalue weighted by Gasteiger charge is -2.38. The zero-order chi connectivity index (χ0) is 28.4. The molecule has 7 heteroatoms. The van der Waals surface area contributed by atoms with Gasteiger partial charge in [0.1, 0.15) is 28.8 Å². The van der Waals surface area contributed by atoms with Crippen molar-refractivity contribution in [2.45, 2.75) is 64.0 Å².